The summed E-state index contributed by atoms with van der Waals surface area (Å²) in [5.74, 6) is -1.63. The van der Waals surface area contributed by atoms with Gasteiger partial charge in [0.15, 0.2) is 0 Å². The van der Waals surface area contributed by atoms with E-state index in [0.29, 0.717) is 32.5 Å². The zero-order valence-corrected chi connectivity index (χ0v) is 21.9. The van der Waals surface area contributed by atoms with E-state index < -0.39 is 23.5 Å². The number of nitrogens with one attached hydrogen (secondary N) is 2. The van der Waals surface area contributed by atoms with Crippen LogP contribution < -0.4 is 10.6 Å². The smallest absolute Gasteiger partial charge is 0.307 e. The number of rotatable bonds is 14. The molecule has 0 aliphatic heterocycles. The molecular weight excluding hydrogens is 456 g/mol. The predicted octanol–water partition coefficient (Wildman–Crippen LogP) is 4.20. The highest BCUT2D eigenvalue weighted by molar-refractivity contribution is 5.90. The number of ether oxygens (including phenoxy) is 2. The minimum atomic E-state index is -0.736. The van der Waals surface area contributed by atoms with Crippen LogP contribution in [0.5, 0.6) is 0 Å². The van der Waals surface area contributed by atoms with Gasteiger partial charge < -0.3 is 20.1 Å². The molecule has 0 aliphatic rings. The number of unbranched alkanes of at least 4 members (excludes halogenated alkanes) is 1. The van der Waals surface area contributed by atoms with Gasteiger partial charge in [0.25, 0.3) is 0 Å². The van der Waals surface area contributed by atoms with E-state index in [4.69, 9.17) is 9.47 Å². The van der Waals surface area contributed by atoms with Crippen molar-refractivity contribution in [1.82, 2.24) is 10.6 Å². The maximum atomic E-state index is 13.2. The van der Waals surface area contributed by atoms with Crippen molar-refractivity contribution in [3.63, 3.8) is 0 Å². The first kappa shape index (κ1) is 29.0. The molecule has 2 N–H and O–H groups in total. The summed E-state index contributed by atoms with van der Waals surface area (Å²) < 4.78 is 11.2. The summed E-state index contributed by atoms with van der Waals surface area (Å²) in [7, 11) is 1.54. The Bertz CT molecular complexity index is 941. The molecule has 7 heteroatoms. The van der Waals surface area contributed by atoms with Crippen molar-refractivity contribution >= 4 is 17.8 Å². The van der Waals surface area contributed by atoms with Gasteiger partial charge in [-0.3, -0.25) is 14.4 Å². The van der Waals surface area contributed by atoms with Gasteiger partial charge in [0, 0.05) is 26.0 Å². The Kier molecular flexibility index (Phi) is 12.1. The van der Waals surface area contributed by atoms with Gasteiger partial charge in [0.1, 0.15) is 11.6 Å². The summed E-state index contributed by atoms with van der Waals surface area (Å²) in [4.78, 5) is 38.3. The zero-order valence-electron chi connectivity index (χ0n) is 21.9. The lowest BCUT2D eigenvalue weighted by molar-refractivity contribution is -0.157. The third-order valence-electron chi connectivity index (χ3n) is 5.57. The summed E-state index contributed by atoms with van der Waals surface area (Å²) in [5.41, 5.74) is 1.41. The van der Waals surface area contributed by atoms with Crippen LogP contribution in [0.25, 0.3) is 0 Å². The summed E-state index contributed by atoms with van der Waals surface area (Å²) in [6, 6.07) is 18.7. The molecule has 0 aromatic heterocycles. The molecular formula is C29H40N2O5. The molecule has 2 amide bonds. The predicted molar refractivity (Wildman–Crippen MR) is 140 cm³/mol. The molecule has 0 bridgehead atoms. The Morgan fingerprint density at radius 3 is 2.06 bits per heavy atom. The quantitative estimate of drug-likeness (QED) is 0.302. The van der Waals surface area contributed by atoms with E-state index in [0.717, 1.165) is 17.5 Å². The highest BCUT2D eigenvalue weighted by Crippen LogP contribution is 2.18. The van der Waals surface area contributed by atoms with Crippen molar-refractivity contribution in [2.75, 3.05) is 13.7 Å². The highest BCUT2D eigenvalue weighted by Gasteiger charge is 2.28. The topological polar surface area (TPSA) is 93.7 Å². The van der Waals surface area contributed by atoms with E-state index in [1.165, 1.54) is 0 Å². The second-order valence-electron chi connectivity index (χ2n) is 9.89. The molecule has 0 aliphatic carbocycles. The van der Waals surface area contributed by atoms with E-state index in [9.17, 15) is 14.4 Å². The molecule has 0 saturated carbocycles. The van der Waals surface area contributed by atoms with Gasteiger partial charge in [-0.2, -0.15) is 0 Å². The van der Waals surface area contributed by atoms with Crippen molar-refractivity contribution < 1.29 is 23.9 Å². The molecule has 196 valence electrons. The molecule has 0 fully saturated rings. The Morgan fingerprint density at radius 2 is 1.47 bits per heavy atom. The van der Waals surface area contributed by atoms with Crippen LogP contribution in [-0.4, -0.2) is 43.1 Å². The van der Waals surface area contributed by atoms with Crippen molar-refractivity contribution in [1.29, 1.82) is 0 Å². The number of likely N-dealkylation sites (N-methyl/N-ethyl adjacent to an activating group) is 1. The first-order valence-electron chi connectivity index (χ1n) is 12.6. The Balaban J connectivity index is 1.96. The van der Waals surface area contributed by atoms with E-state index in [1.807, 2.05) is 60.7 Å². The first-order chi connectivity index (χ1) is 17.2. The molecule has 0 radical (unpaired) electrons. The van der Waals surface area contributed by atoms with Crippen LogP contribution in [-0.2, 0) is 36.9 Å². The van der Waals surface area contributed by atoms with Gasteiger partial charge in [0.05, 0.1) is 13.0 Å². The third kappa shape index (κ3) is 11.5. The van der Waals surface area contributed by atoms with Crippen LogP contribution in [0, 0.1) is 5.92 Å². The fourth-order valence-electron chi connectivity index (χ4n) is 3.79. The monoisotopic (exact) mass is 496 g/mol. The number of carbonyl (C=O) groups is 3. The molecule has 0 saturated heterocycles. The van der Waals surface area contributed by atoms with Gasteiger partial charge >= 0.3 is 5.97 Å². The van der Waals surface area contributed by atoms with Crippen molar-refractivity contribution in [3.05, 3.63) is 71.8 Å². The van der Waals surface area contributed by atoms with Gasteiger partial charge in [-0.05, 0) is 44.7 Å². The summed E-state index contributed by atoms with van der Waals surface area (Å²) in [6.45, 7) is 6.49. The van der Waals surface area contributed by atoms with Crippen LogP contribution in [0.4, 0.5) is 0 Å². The fraction of sp³-hybridized carbons (Fsp3) is 0.483. The van der Waals surface area contributed by atoms with Gasteiger partial charge in [-0.1, -0.05) is 67.1 Å². The third-order valence-corrected chi connectivity index (χ3v) is 5.57. The molecule has 36 heavy (non-hydrogen) atoms. The lowest BCUT2D eigenvalue weighted by Gasteiger charge is -2.24. The maximum Gasteiger partial charge on any atom is 0.307 e. The van der Waals surface area contributed by atoms with Crippen molar-refractivity contribution in [3.8, 4) is 0 Å². The van der Waals surface area contributed by atoms with Crippen LogP contribution in [0.2, 0.25) is 0 Å². The van der Waals surface area contributed by atoms with Crippen LogP contribution in [0.1, 0.15) is 57.6 Å². The summed E-state index contributed by atoms with van der Waals surface area (Å²) in [6.07, 6.45) is 2.27. The number of hydrogen-bond acceptors (Lipinski definition) is 5. The average molecular weight is 497 g/mol. The minimum Gasteiger partial charge on any atom is -0.460 e. The highest BCUT2D eigenvalue weighted by atomic mass is 16.6. The largest absolute Gasteiger partial charge is 0.460 e. The second kappa shape index (κ2) is 15.0. The van der Waals surface area contributed by atoms with E-state index in [1.54, 1.807) is 27.8 Å². The SMILES string of the molecule is CNC(=O)[C@H](Cc1ccccc1)NC(=O)[C@H](CCCCOCc1ccccc1)CC(=O)OC(C)(C)C. The molecule has 2 rings (SSSR count). The lowest BCUT2D eigenvalue weighted by atomic mass is 9.96. The first-order valence-corrected chi connectivity index (χ1v) is 12.6. The van der Waals surface area contributed by atoms with Gasteiger partial charge in [0.2, 0.25) is 11.8 Å². The second-order valence-corrected chi connectivity index (χ2v) is 9.89. The van der Waals surface area contributed by atoms with Gasteiger partial charge in [-0.25, -0.2) is 0 Å². The number of carbonyl (C=O) groups excluding carboxylic acids is 3. The Hall–Kier alpha value is -3.19. The maximum absolute atomic E-state index is 13.2. The molecule has 2 aromatic carbocycles. The Labute approximate surface area is 215 Å². The van der Waals surface area contributed by atoms with Crippen LogP contribution in [0.15, 0.2) is 60.7 Å². The van der Waals surface area contributed by atoms with Gasteiger partial charge in [-0.15, -0.1) is 0 Å². The normalized spacial score (nSPS) is 12.9. The zero-order chi connectivity index (χ0) is 26.4. The molecule has 2 atom stereocenters. The van der Waals surface area contributed by atoms with E-state index >= 15 is 0 Å². The van der Waals surface area contributed by atoms with E-state index in [-0.39, 0.29) is 18.2 Å². The standard InChI is InChI=1S/C29H40N2O5/c1-29(2,3)36-26(32)20-24(17-11-12-18-35-21-23-15-9-6-10-16-23)27(33)31-25(28(34)30-4)19-22-13-7-5-8-14-22/h5-10,13-16,24-25H,11-12,17-21H2,1-4H3,(H,30,34)(H,31,33)/t24-,25+/m1/s1. The number of amides is 2. The number of benzene rings is 2. The molecule has 0 heterocycles. The molecule has 2 aromatic rings. The Morgan fingerprint density at radius 1 is 0.861 bits per heavy atom. The number of hydrogen-bond donors (Lipinski definition) is 2. The van der Waals surface area contributed by atoms with Crippen molar-refractivity contribution in [2.24, 2.45) is 5.92 Å². The van der Waals surface area contributed by atoms with Crippen molar-refractivity contribution in [2.45, 2.75) is 71.1 Å². The average Bonchev–Trinajstić information content (AvgIpc) is 2.84. The molecule has 7 nitrogen and oxygen atoms in total. The fourth-order valence-corrected chi connectivity index (χ4v) is 3.79. The van der Waals surface area contributed by atoms with Crippen LogP contribution in [0.3, 0.4) is 0 Å². The summed E-state index contributed by atoms with van der Waals surface area (Å²) in [5, 5.41) is 5.49. The van der Waals surface area contributed by atoms with Crippen LogP contribution >= 0.6 is 0 Å². The summed E-state index contributed by atoms with van der Waals surface area (Å²) >= 11 is 0. The van der Waals surface area contributed by atoms with E-state index in [2.05, 4.69) is 10.6 Å². The molecule has 0 spiro atoms. The molecule has 0 unspecified atom stereocenters. The number of esters is 1. The lowest BCUT2D eigenvalue weighted by Crippen LogP contribution is -2.49. The minimum absolute atomic E-state index is 0.0419.